The molecular weight excluding hydrogens is 298 g/mol. The van der Waals surface area contributed by atoms with E-state index in [1.165, 1.54) is 32.4 Å². The molecule has 24 heavy (non-hydrogen) atoms. The van der Waals surface area contributed by atoms with Gasteiger partial charge in [0.1, 0.15) is 0 Å². The zero-order valence-electron chi connectivity index (χ0n) is 14.9. The maximum absolute atomic E-state index is 12.5. The molecule has 4 nitrogen and oxygen atoms in total. The number of nitrogens with zero attached hydrogens (tertiary/aromatic N) is 2. The fraction of sp³-hybridized carbons (Fsp3) is 0.650. The molecule has 0 aromatic heterocycles. The fourth-order valence-corrected chi connectivity index (χ4v) is 3.89. The molecule has 2 fully saturated rings. The summed E-state index contributed by atoms with van der Waals surface area (Å²) >= 11 is 0. The molecule has 0 saturated carbocycles. The quantitative estimate of drug-likeness (QED) is 0.919. The van der Waals surface area contributed by atoms with E-state index >= 15 is 0 Å². The van der Waals surface area contributed by atoms with Gasteiger partial charge < -0.3 is 15.1 Å². The minimum absolute atomic E-state index is 0.0934. The van der Waals surface area contributed by atoms with Crippen LogP contribution in [0.4, 0.5) is 4.79 Å². The van der Waals surface area contributed by atoms with Crippen LogP contribution >= 0.6 is 0 Å². The molecular formula is C20H31N3O. The highest BCUT2D eigenvalue weighted by molar-refractivity contribution is 5.74. The van der Waals surface area contributed by atoms with Crippen LogP contribution in [0, 0.1) is 11.8 Å². The van der Waals surface area contributed by atoms with E-state index in [9.17, 15) is 4.79 Å². The third-order valence-electron chi connectivity index (χ3n) is 5.49. The Bertz CT molecular complexity index is 511. The molecule has 1 aromatic carbocycles. The Labute approximate surface area is 146 Å². The smallest absolute Gasteiger partial charge is 0.317 e. The van der Waals surface area contributed by atoms with Crippen LogP contribution in [0.15, 0.2) is 30.3 Å². The van der Waals surface area contributed by atoms with Crippen molar-refractivity contribution in [2.75, 3.05) is 32.7 Å². The van der Waals surface area contributed by atoms with Crippen molar-refractivity contribution in [2.45, 2.75) is 39.2 Å². The van der Waals surface area contributed by atoms with Gasteiger partial charge in [-0.25, -0.2) is 4.79 Å². The van der Waals surface area contributed by atoms with Crippen molar-refractivity contribution < 1.29 is 4.79 Å². The Morgan fingerprint density at radius 3 is 2.62 bits per heavy atom. The Balaban J connectivity index is 1.43. The lowest BCUT2D eigenvalue weighted by Crippen LogP contribution is -2.48. The second-order valence-corrected chi connectivity index (χ2v) is 7.58. The number of carbonyl (C=O) groups is 1. The van der Waals surface area contributed by atoms with Gasteiger partial charge in [-0.2, -0.15) is 0 Å². The lowest BCUT2D eigenvalue weighted by atomic mass is 9.94. The molecule has 2 saturated heterocycles. The second-order valence-electron chi connectivity index (χ2n) is 7.58. The summed E-state index contributed by atoms with van der Waals surface area (Å²) in [7, 11) is 0. The molecule has 2 aliphatic rings. The van der Waals surface area contributed by atoms with E-state index in [-0.39, 0.29) is 6.03 Å². The van der Waals surface area contributed by atoms with E-state index in [4.69, 9.17) is 0 Å². The summed E-state index contributed by atoms with van der Waals surface area (Å²) in [5, 5.41) is 3.07. The second kappa shape index (κ2) is 8.52. The van der Waals surface area contributed by atoms with Gasteiger partial charge in [-0.15, -0.1) is 0 Å². The van der Waals surface area contributed by atoms with Crippen LogP contribution in [0.1, 0.15) is 38.2 Å². The van der Waals surface area contributed by atoms with Crippen molar-refractivity contribution in [3.63, 3.8) is 0 Å². The maximum Gasteiger partial charge on any atom is 0.317 e. The third-order valence-corrected chi connectivity index (χ3v) is 5.49. The summed E-state index contributed by atoms with van der Waals surface area (Å²) in [6, 6.07) is 10.2. The number of urea groups is 1. The maximum atomic E-state index is 12.5. The van der Waals surface area contributed by atoms with Crippen LogP contribution in [0.3, 0.4) is 0 Å². The van der Waals surface area contributed by atoms with Gasteiger partial charge in [-0.1, -0.05) is 37.3 Å². The van der Waals surface area contributed by atoms with Crippen LogP contribution in [0.2, 0.25) is 0 Å². The van der Waals surface area contributed by atoms with E-state index in [0.29, 0.717) is 12.5 Å². The van der Waals surface area contributed by atoms with Crippen molar-refractivity contribution >= 4 is 6.03 Å². The summed E-state index contributed by atoms with van der Waals surface area (Å²) in [4.78, 5) is 17.1. The molecule has 1 aromatic rings. The lowest BCUT2D eigenvalue weighted by Gasteiger charge is -2.37. The number of carbonyl (C=O) groups excluding carboxylic acids is 1. The van der Waals surface area contributed by atoms with Gasteiger partial charge in [0, 0.05) is 26.2 Å². The highest BCUT2D eigenvalue weighted by Gasteiger charge is 2.26. The van der Waals surface area contributed by atoms with Crippen LogP contribution in [-0.2, 0) is 6.54 Å². The summed E-state index contributed by atoms with van der Waals surface area (Å²) < 4.78 is 0. The number of likely N-dealkylation sites (tertiary alicyclic amines) is 2. The monoisotopic (exact) mass is 329 g/mol. The molecule has 0 spiro atoms. The molecule has 4 heteroatoms. The Kier molecular flexibility index (Phi) is 6.13. The zero-order valence-corrected chi connectivity index (χ0v) is 14.9. The molecule has 0 aliphatic carbocycles. The first-order chi connectivity index (χ1) is 11.7. The molecule has 1 N–H and O–H groups in total. The predicted octanol–water partition coefficient (Wildman–Crippen LogP) is 3.34. The van der Waals surface area contributed by atoms with Crippen molar-refractivity contribution in [2.24, 2.45) is 11.8 Å². The van der Waals surface area contributed by atoms with Crippen molar-refractivity contribution in [1.82, 2.24) is 15.1 Å². The van der Waals surface area contributed by atoms with E-state index in [1.54, 1.807) is 0 Å². The topological polar surface area (TPSA) is 35.6 Å². The molecule has 0 bridgehead atoms. The standard InChI is InChI=1S/C20H31N3O/c1-17-9-12-22(13-10-17)15-19-8-5-11-23(16-19)20(24)21-14-18-6-3-2-4-7-18/h2-4,6-7,17,19H,5,8-16H2,1H3,(H,21,24)/t19-/m1/s1. The molecule has 132 valence electrons. The summed E-state index contributed by atoms with van der Waals surface area (Å²) in [5.41, 5.74) is 1.15. The van der Waals surface area contributed by atoms with Crippen LogP contribution in [0.5, 0.6) is 0 Å². The van der Waals surface area contributed by atoms with Gasteiger partial charge in [0.2, 0.25) is 0 Å². The average molecular weight is 329 g/mol. The first-order valence-electron chi connectivity index (χ1n) is 9.50. The number of nitrogens with one attached hydrogen (secondary N) is 1. The number of hydrogen-bond donors (Lipinski definition) is 1. The molecule has 2 aliphatic heterocycles. The highest BCUT2D eigenvalue weighted by Crippen LogP contribution is 2.21. The average Bonchev–Trinajstić information content (AvgIpc) is 2.63. The van der Waals surface area contributed by atoms with Crippen molar-refractivity contribution in [3.8, 4) is 0 Å². The van der Waals surface area contributed by atoms with E-state index < -0.39 is 0 Å². The Morgan fingerprint density at radius 1 is 1.12 bits per heavy atom. The summed E-state index contributed by atoms with van der Waals surface area (Å²) in [6.07, 6.45) is 5.05. The molecule has 2 amide bonds. The van der Waals surface area contributed by atoms with Crippen LogP contribution in [0.25, 0.3) is 0 Å². The minimum atomic E-state index is 0.0934. The van der Waals surface area contributed by atoms with E-state index in [1.807, 2.05) is 23.1 Å². The number of benzene rings is 1. The van der Waals surface area contributed by atoms with Crippen LogP contribution in [-0.4, -0.2) is 48.6 Å². The third kappa shape index (κ3) is 4.97. The number of amides is 2. The molecule has 3 rings (SSSR count). The molecule has 2 heterocycles. The Hall–Kier alpha value is -1.55. The van der Waals surface area contributed by atoms with Gasteiger partial charge in [0.25, 0.3) is 0 Å². The van der Waals surface area contributed by atoms with Gasteiger partial charge in [-0.3, -0.25) is 0 Å². The molecule has 1 atom stereocenters. The van der Waals surface area contributed by atoms with Gasteiger partial charge in [-0.05, 0) is 56.2 Å². The largest absolute Gasteiger partial charge is 0.334 e. The van der Waals surface area contributed by atoms with Crippen LogP contribution < -0.4 is 5.32 Å². The number of piperidine rings is 2. The van der Waals surface area contributed by atoms with Gasteiger partial charge in [0.15, 0.2) is 0 Å². The first-order valence-corrected chi connectivity index (χ1v) is 9.50. The predicted molar refractivity (Wildman–Crippen MR) is 97.8 cm³/mol. The summed E-state index contributed by atoms with van der Waals surface area (Å²) in [5.74, 6) is 1.52. The first kappa shape index (κ1) is 17.3. The lowest BCUT2D eigenvalue weighted by molar-refractivity contribution is 0.120. The normalized spacial score (nSPS) is 23.2. The summed E-state index contributed by atoms with van der Waals surface area (Å²) in [6.45, 7) is 8.41. The number of rotatable bonds is 4. The molecule has 0 unspecified atom stereocenters. The number of hydrogen-bond acceptors (Lipinski definition) is 2. The van der Waals surface area contributed by atoms with Gasteiger partial charge in [0.05, 0.1) is 0 Å². The minimum Gasteiger partial charge on any atom is -0.334 e. The van der Waals surface area contributed by atoms with E-state index in [0.717, 1.165) is 37.5 Å². The Morgan fingerprint density at radius 2 is 1.88 bits per heavy atom. The van der Waals surface area contributed by atoms with Crippen molar-refractivity contribution in [3.05, 3.63) is 35.9 Å². The van der Waals surface area contributed by atoms with Gasteiger partial charge >= 0.3 is 6.03 Å². The molecule has 0 radical (unpaired) electrons. The van der Waals surface area contributed by atoms with Crippen molar-refractivity contribution in [1.29, 1.82) is 0 Å². The zero-order chi connectivity index (χ0) is 16.8. The SMILES string of the molecule is CC1CCN(C[C@H]2CCCN(C(=O)NCc3ccccc3)C2)CC1. The fourth-order valence-electron chi connectivity index (χ4n) is 3.89. The van der Waals surface area contributed by atoms with E-state index in [2.05, 4.69) is 29.3 Å². The highest BCUT2D eigenvalue weighted by atomic mass is 16.2.